The number of nitrogens with two attached hydrogens (primary N) is 1. The molecule has 0 spiro atoms. The fourth-order valence-electron chi connectivity index (χ4n) is 4.54. The van der Waals surface area contributed by atoms with Crippen LogP contribution in [0.25, 0.3) is 0 Å². The van der Waals surface area contributed by atoms with Crippen molar-refractivity contribution in [2.45, 2.75) is 31.8 Å². The number of benzene rings is 1. The van der Waals surface area contributed by atoms with Gasteiger partial charge in [0.05, 0.1) is 0 Å². The van der Waals surface area contributed by atoms with E-state index in [9.17, 15) is 0 Å². The lowest BCUT2D eigenvalue weighted by Gasteiger charge is -2.11. The molecule has 18 heavy (non-hydrogen) atoms. The van der Waals surface area contributed by atoms with E-state index in [1.54, 1.807) is 0 Å². The number of halogens is 1. The minimum Gasteiger partial charge on any atom is -0.398 e. The van der Waals surface area contributed by atoms with E-state index >= 15 is 0 Å². The van der Waals surface area contributed by atoms with Crippen LogP contribution in [-0.2, 0) is 6.54 Å². The van der Waals surface area contributed by atoms with Gasteiger partial charge in [-0.25, -0.2) is 0 Å². The quantitative estimate of drug-likeness (QED) is 0.842. The maximum atomic E-state index is 5.91. The van der Waals surface area contributed by atoms with E-state index in [4.69, 9.17) is 5.73 Å². The Morgan fingerprint density at radius 2 is 1.94 bits per heavy atom. The van der Waals surface area contributed by atoms with Gasteiger partial charge in [-0.05, 0) is 76.6 Å². The summed E-state index contributed by atoms with van der Waals surface area (Å²) in [6.45, 7) is 0.967. The monoisotopic (exact) mass is 306 g/mol. The average Bonchev–Trinajstić information content (AvgIpc) is 2.76. The molecular weight excluding hydrogens is 288 g/mol. The molecular formula is C15H19BrN2. The van der Waals surface area contributed by atoms with Gasteiger partial charge in [0.15, 0.2) is 0 Å². The summed E-state index contributed by atoms with van der Waals surface area (Å²) in [7, 11) is 0. The molecule has 4 rings (SSSR count). The lowest BCUT2D eigenvalue weighted by molar-refractivity contribution is 0.456. The van der Waals surface area contributed by atoms with Gasteiger partial charge in [-0.3, -0.25) is 0 Å². The molecule has 1 aromatic rings. The van der Waals surface area contributed by atoms with Crippen LogP contribution in [0.2, 0.25) is 0 Å². The molecule has 3 saturated carbocycles. The Morgan fingerprint density at radius 3 is 2.61 bits per heavy atom. The van der Waals surface area contributed by atoms with Gasteiger partial charge in [-0.15, -0.1) is 0 Å². The van der Waals surface area contributed by atoms with Crippen molar-refractivity contribution < 1.29 is 0 Å². The van der Waals surface area contributed by atoms with Gasteiger partial charge < -0.3 is 11.1 Å². The number of nitrogens with one attached hydrogen (secondary N) is 1. The zero-order valence-electron chi connectivity index (χ0n) is 10.4. The Kier molecular flexibility index (Phi) is 2.50. The Balaban J connectivity index is 1.39. The van der Waals surface area contributed by atoms with E-state index in [0.29, 0.717) is 0 Å². The van der Waals surface area contributed by atoms with Crippen LogP contribution in [0.5, 0.6) is 0 Å². The molecule has 3 fully saturated rings. The largest absolute Gasteiger partial charge is 0.398 e. The molecule has 0 saturated heterocycles. The fourth-order valence-corrected chi connectivity index (χ4v) is 4.78. The Bertz CT molecular complexity index is 471. The van der Waals surface area contributed by atoms with Crippen molar-refractivity contribution in [2.75, 3.05) is 5.73 Å². The van der Waals surface area contributed by atoms with Crippen LogP contribution >= 0.6 is 15.9 Å². The standard InChI is InChI=1S/C15H19BrN2/c16-11-4-1-8(5-12(11)17)7-18-15-13-9-2-3-10(6-9)14(13)15/h1,4-5,9-10,13-15,18H,2-3,6-7,17H2. The van der Waals surface area contributed by atoms with Crippen molar-refractivity contribution in [1.82, 2.24) is 5.32 Å². The summed E-state index contributed by atoms with van der Waals surface area (Å²) in [5.41, 5.74) is 8.05. The number of fused-ring (bicyclic) bond motifs is 5. The third-order valence-corrected chi connectivity index (χ3v) is 6.06. The topological polar surface area (TPSA) is 38.0 Å². The van der Waals surface area contributed by atoms with Crippen molar-refractivity contribution in [3.05, 3.63) is 28.2 Å². The average molecular weight is 307 g/mol. The zero-order valence-corrected chi connectivity index (χ0v) is 12.0. The summed E-state index contributed by atoms with van der Waals surface area (Å²) in [6, 6.07) is 7.08. The molecule has 2 bridgehead atoms. The van der Waals surface area contributed by atoms with Crippen LogP contribution in [0.1, 0.15) is 24.8 Å². The molecule has 0 aromatic heterocycles. The normalized spacial score (nSPS) is 39.9. The van der Waals surface area contributed by atoms with Gasteiger partial charge in [-0.2, -0.15) is 0 Å². The van der Waals surface area contributed by atoms with E-state index in [2.05, 4.69) is 33.4 Å². The highest BCUT2D eigenvalue weighted by atomic mass is 79.9. The highest BCUT2D eigenvalue weighted by Gasteiger charge is 2.64. The smallest absolute Gasteiger partial charge is 0.0461 e. The second kappa shape index (κ2) is 3.97. The lowest BCUT2D eigenvalue weighted by atomic mass is 10.0. The molecule has 4 unspecified atom stereocenters. The van der Waals surface area contributed by atoms with E-state index in [0.717, 1.165) is 46.4 Å². The van der Waals surface area contributed by atoms with Crippen molar-refractivity contribution in [3.63, 3.8) is 0 Å². The van der Waals surface area contributed by atoms with Gasteiger partial charge in [-0.1, -0.05) is 6.07 Å². The lowest BCUT2D eigenvalue weighted by Crippen LogP contribution is -2.22. The van der Waals surface area contributed by atoms with E-state index < -0.39 is 0 Å². The number of rotatable bonds is 3. The van der Waals surface area contributed by atoms with Crippen LogP contribution in [0.15, 0.2) is 22.7 Å². The maximum Gasteiger partial charge on any atom is 0.0461 e. The van der Waals surface area contributed by atoms with Crippen molar-refractivity contribution in [3.8, 4) is 0 Å². The summed E-state index contributed by atoms with van der Waals surface area (Å²) in [4.78, 5) is 0. The van der Waals surface area contributed by atoms with Gasteiger partial charge in [0, 0.05) is 22.7 Å². The van der Waals surface area contributed by atoms with Crippen molar-refractivity contribution in [1.29, 1.82) is 0 Å². The Hall–Kier alpha value is -0.540. The first-order chi connectivity index (χ1) is 8.74. The number of nitrogen functional groups attached to an aromatic ring is 1. The van der Waals surface area contributed by atoms with Gasteiger partial charge in [0.25, 0.3) is 0 Å². The minimum atomic E-state index is 0.807. The first-order valence-corrected chi connectivity index (χ1v) is 7.80. The second-order valence-corrected chi connectivity index (χ2v) is 7.10. The molecule has 3 N–H and O–H groups in total. The first-order valence-electron chi connectivity index (χ1n) is 7.01. The van der Waals surface area contributed by atoms with Crippen molar-refractivity contribution in [2.24, 2.45) is 23.7 Å². The highest BCUT2D eigenvalue weighted by Crippen LogP contribution is 2.65. The van der Waals surface area contributed by atoms with Gasteiger partial charge >= 0.3 is 0 Å². The Morgan fingerprint density at radius 1 is 1.22 bits per heavy atom. The first kappa shape index (κ1) is 11.3. The molecule has 3 heteroatoms. The number of anilines is 1. The van der Waals surface area contributed by atoms with E-state index in [-0.39, 0.29) is 0 Å². The summed E-state index contributed by atoms with van der Waals surface area (Å²) in [5.74, 6) is 4.12. The summed E-state index contributed by atoms with van der Waals surface area (Å²) >= 11 is 3.44. The maximum absolute atomic E-state index is 5.91. The molecule has 0 radical (unpaired) electrons. The number of hydrogen-bond acceptors (Lipinski definition) is 2. The predicted octanol–water partition coefficient (Wildman–Crippen LogP) is 3.17. The van der Waals surface area contributed by atoms with E-state index in [1.165, 1.54) is 24.8 Å². The van der Waals surface area contributed by atoms with Crippen LogP contribution < -0.4 is 11.1 Å². The third kappa shape index (κ3) is 1.64. The predicted molar refractivity (Wildman–Crippen MR) is 77.0 cm³/mol. The molecule has 2 nitrogen and oxygen atoms in total. The van der Waals surface area contributed by atoms with Crippen LogP contribution in [-0.4, -0.2) is 6.04 Å². The Labute approximate surface area is 116 Å². The SMILES string of the molecule is Nc1cc(CNC2C3C4CCC(C4)C23)ccc1Br. The third-order valence-electron chi connectivity index (χ3n) is 5.34. The fraction of sp³-hybridized carbons (Fsp3) is 0.600. The van der Waals surface area contributed by atoms with Crippen molar-refractivity contribution >= 4 is 21.6 Å². The van der Waals surface area contributed by atoms with Crippen LogP contribution in [0.3, 0.4) is 0 Å². The molecule has 0 amide bonds. The molecule has 3 aliphatic carbocycles. The molecule has 3 aliphatic rings. The highest BCUT2D eigenvalue weighted by molar-refractivity contribution is 9.10. The van der Waals surface area contributed by atoms with Gasteiger partial charge in [0.1, 0.15) is 0 Å². The molecule has 0 heterocycles. The molecule has 4 atom stereocenters. The van der Waals surface area contributed by atoms with Crippen LogP contribution in [0.4, 0.5) is 5.69 Å². The summed E-state index contributed by atoms with van der Waals surface area (Å²) in [6.07, 6.45) is 4.52. The summed E-state index contributed by atoms with van der Waals surface area (Å²) < 4.78 is 0.993. The second-order valence-electron chi connectivity index (χ2n) is 6.25. The molecule has 1 aromatic carbocycles. The molecule has 96 valence electrons. The van der Waals surface area contributed by atoms with E-state index in [1.807, 2.05) is 6.07 Å². The minimum absolute atomic E-state index is 0.807. The zero-order chi connectivity index (χ0) is 12.3. The summed E-state index contributed by atoms with van der Waals surface area (Å²) in [5, 5.41) is 3.75. The number of hydrogen-bond donors (Lipinski definition) is 2. The van der Waals surface area contributed by atoms with Gasteiger partial charge in [0.2, 0.25) is 0 Å². The van der Waals surface area contributed by atoms with Crippen LogP contribution in [0, 0.1) is 23.7 Å². The molecule has 0 aliphatic heterocycles.